The molecular weight excluding hydrogens is 479 g/mol. The van der Waals surface area contributed by atoms with Crippen molar-refractivity contribution in [2.45, 2.75) is 13.8 Å². The van der Waals surface area contributed by atoms with Gasteiger partial charge < -0.3 is 14.2 Å². The molecule has 176 valence electrons. The molecule has 0 heterocycles. The number of hydrazone groups is 1. The highest BCUT2D eigenvalue weighted by atomic mass is 35.5. The van der Waals surface area contributed by atoms with Gasteiger partial charge in [-0.25, -0.2) is 10.2 Å². The summed E-state index contributed by atoms with van der Waals surface area (Å²) < 4.78 is 16.2. The zero-order valence-electron chi connectivity index (χ0n) is 18.7. The molecule has 0 bridgehead atoms. The number of carbonyl (C=O) groups excluding carboxylic acids is 2. The van der Waals surface area contributed by atoms with Gasteiger partial charge >= 0.3 is 5.97 Å². The first-order valence-electron chi connectivity index (χ1n) is 10.1. The van der Waals surface area contributed by atoms with Crippen molar-refractivity contribution in [1.29, 1.82) is 0 Å². The molecule has 1 amide bonds. The van der Waals surface area contributed by atoms with Gasteiger partial charge in [0.15, 0.2) is 18.1 Å². The Kier molecular flexibility index (Phi) is 8.51. The number of methoxy groups -OCH3 is 1. The Bertz CT molecular complexity index is 1220. The molecule has 3 rings (SSSR count). The third-order valence-electron chi connectivity index (χ3n) is 4.51. The lowest BCUT2D eigenvalue weighted by molar-refractivity contribution is -0.123. The molecule has 0 aromatic heterocycles. The molecule has 0 aliphatic rings. The molecule has 3 aromatic carbocycles. The van der Waals surface area contributed by atoms with Gasteiger partial charge in [0.1, 0.15) is 5.75 Å². The van der Waals surface area contributed by atoms with Gasteiger partial charge in [-0.05, 0) is 79.1 Å². The molecule has 3 aromatic rings. The third-order valence-corrected chi connectivity index (χ3v) is 5.06. The topological polar surface area (TPSA) is 86.2 Å². The van der Waals surface area contributed by atoms with Crippen molar-refractivity contribution in [3.05, 3.63) is 86.9 Å². The smallest absolute Gasteiger partial charge is 0.345 e. The lowest BCUT2D eigenvalue weighted by atomic mass is 10.1. The second-order valence-electron chi connectivity index (χ2n) is 7.33. The lowest BCUT2D eigenvalue weighted by Gasteiger charge is -2.11. The maximum Gasteiger partial charge on any atom is 0.345 e. The van der Waals surface area contributed by atoms with Gasteiger partial charge in [0.05, 0.1) is 23.9 Å². The van der Waals surface area contributed by atoms with E-state index < -0.39 is 11.9 Å². The summed E-state index contributed by atoms with van der Waals surface area (Å²) in [6.07, 6.45) is 1.43. The molecule has 0 aliphatic heterocycles. The molecule has 34 heavy (non-hydrogen) atoms. The van der Waals surface area contributed by atoms with Crippen LogP contribution < -0.4 is 19.6 Å². The molecule has 0 spiro atoms. The molecule has 0 saturated heterocycles. The lowest BCUT2D eigenvalue weighted by Crippen LogP contribution is -2.24. The van der Waals surface area contributed by atoms with E-state index in [2.05, 4.69) is 10.5 Å². The van der Waals surface area contributed by atoms with Gasteiger partial charge in [0.2, 0.25) is 0 Å². The second kappa shape index (κ2) is 11.5. The minimum atomic E-state index is -0.655. The van der Waals surface area contributed by atoms with E-state index in [-0.39, 0.29) is 22.9 Å². The molecule has 0 fully saturated rings. The van der Waals surface area contributed by atoms with Crippen molar-refractivity contribution >= 4 is 41.3 Å². The number of hydrogen-bond donors (Lipinski definition) is 1. The number of nitrogens with zero attached hydrogens (tertiary/aromatic N) is 1. The Balaban J connectivity index is 1.59. The van der Waals surface area contributed by atoms with Gasteiger partial charge in [-0.15, -0.1) is 0 Å². The molecule has 9 heteroatoms. The summed E-state index contributed by atoms with van der Waals surface area (Å²) in [5.41, 5.74) is 5.28. The van der Waals surface area contributed by atoms with Crippen molar-refractivity contribution in [2.24, 2.45) is 5.10 Å². The Morgan fingerprint density at radius 1 is 0.971 bits per heavy atom. The van der Waals surface area contributed by atoms with Crippen LogP contribution in [0.4, 0.5) is 0 Å². The van der Waals surface area contributed by atoms with Crippen molar-refractivity contribution in [1.82, 2.24) is 5.43 Å². The molecule has 0 unspecified atom stereocenters. The van der Waals surface area contributed by atoms with Crippen LogP contribution in [0.5, 0.6) is 17.2 Å². The number of halogens is 2. The van der Waals surface area contributed by atoms with Gasteiger partial charge in [-0.3, -0.25) is 4.79 Å². The van der Waals surface area contributed by atoms with E-state index in [1.807, 2.05) is 32.0 Å². The second-order valence-corrected chi connectivity index (χ2v) is 8.17. The Morgan fingerprint density at radius 2 is 1.71 bits per heavy atom. The summed E-state index contributed by atoms with van der Waals surface area (Å²) in [5, 5.41) is 4.51. The number of hydrogen-bond acceptors (Lipinski definition) is 6. The van der Waals surface area contributed by atoms with Crippen LogP contribution in [0.25, 0.3) is 0 Å². The first kappa shape index (κ1) is 25.1. The standard InChI is InChI=1S/C25H22Cl2N2O5/c1-15-8-16(2)10-19(9-15)33-14-24(30)29-28-13-17-4-7-22(23(11-17)32-3)34-25(31)20-6-5-18(26)12-21(20)27/h4-13H,14H2,1-3H3,(H,29,30)/b28-13+. The first-order valence-corrected chi connectivity index (χ1v) is 10.9. The molecule has 0 saturated carbocycles. The van der Waals surface area contributed by atoms with Gasteiger partial charge in [0, 0.05) is 5.02 Å². The highest BCUT2D eigenvalue weighted by Crippen LogP contribution is 2.30. The number of amides is 1. The van der Waals surface area contributed by atoms with Crippen molar-refractivity contribution < 1.29 is 23.8 Å². The fraction of sp³-hybridized carbons (Fsp3) is 0.160. The van der Waals surface area contributed by atoms with E-state index in [1.54, 1.807) is 24.3 Å². The molecular formula is C25H22Cl2N2O5. The Labute approximate surface area is 207 Å². The van der Waals surface area contributed by atoms with E-state index in [0.717, 1.165) is 11.1 Å². The van der Waals surface area contributed by atoms with E-state index in [0.29, 0.717) is 22.1 Å². The van der Waals surface area contributed by atoms with Crippen LogP contribution in [0, 0.1) is 13.8 Å². The molecule has 0 radical (unpaired) electrons. The molecule has 1 N–H and O–H groups in total. The first-order chi connectivity index (χ1) is 16.2. The van der Waals surface area contributed by atoms with Crippen LogP contribution in [-0.4, -0.2) is 31.8 Å². The van der Waals surface area contributed by atoms with Crippen molar-refractivity contribution in [3.8, 4) is 17.2 Å². The van der Waals surface area contributed by atoms with Gasteiger partial charge in [-0.2, -0.15) is 5.10 Å². The number of carbonyl (C=O) groups is 2. The predicted octanol–water partition coefficient (Wildman–Crippen LogP) is 5.37. The number of ether oxygens (including phenoxy) is 3. The van der Waals surface area contributed by atoms with Crippen LogP contribution in [0.2, 0.25) is 10.0 Å². The van der Waals surface area contributed by atoms with Crippen LogP contribution in [-0.2, 0) is 4.79 Å². The summed E-state index contributed by atoms with van der Waals surface area (Å²) in [4.78, 5) is 24.5. The summed E-state index contributed by atoms with van der Waals surface area (Å²) in [6, 6.07) is 15.0. The average Bonchev–Trinajstić information content (AvgIpc) is 2.78. The highest BCUT2D eigenvalue weighted by Gasteiger charge is 2.16. The minimum Gasteiger partial charge on any atom is -0.493 e. The molecule has 0 aliphatic carbocycles. The van der Waals surface area contributed by atoms with E-state index in [4.69, 9.17) is 37.4 Å². The van der Waals surface area contributed by atoms with E-state index >= 15 is 0 Å². The quantitative estimate of drug-likeness (QED) is 0.194. The minimum absolute atomic E-state index is 0.171. The maximum absolute atomic E-state index is 12.5. The fourth-order valence-electron chi connectivity index (χ4n) is 3.03. The number of benzene rings is 3. The number of rotatable bonds is 8. The zero-order chi connectivity index (χ0) is 24.7. The third kappa shape index (κ3) is 6.97. The largest absolute Gasteiger partial charge is 0.493 e. The fourth-order valence-corrected chi connectivity index (χ4v) is 3.52. The van der Waals surface area contributed by atoms with E-state index in [9.17, 15) is 9.59 Å². The zero-order valence-corrected chi connectivity index (χ0v) is 20.2. The van der Waals surface area contributed by atoms with Crippen LogP contribution in [0.15, 0.2) is 59.7 Å². The number of nitrogens with one attached hydrogen (secondary N) is 1. The SMILES string of the molecule is COc1cc(/C=N/NC(=O)COc2cc(C)cc(C)c2)ccc1OC(=O)c1ccc(Cl)cc1Cl. The van der Waals surface area contributed by atoms with Crippen molar-refractivity contribution in [2.75, 3.05) is 13.7 Å². The summed E-state index contributed by atoms with van der Waals surface area (Å²) in [7, 11) is 1.44. The normalized spacial score (nSPS) is 10.7. The van der Waals surface area contributed by atoms with Gasteiger partial charge in [0.25, 0.3) is 5.91 Å². The van der Waals surface area contributed by atoms with Crippen LogP contribution in [0.1, 0.15) is 27.0 Å². The van der Waals surface area contributed by atoms with Crippen molar-refractivity contribution in [3.63, 3.8) is 0 Å². The molecule has 0 atom stereocenters. The highest BCUT2D eigenvalue weighted by molar-refractivity contribution is 6.36. The van der Waals surface area contributed by atoms with Crippen LogP contribution >= 0.6 is 23.2 Å². The van der Waals surface area contributed by atoms with Gasteiger partial charge in [-0.1, -0.05) is 29.3 Å². The monoisotopic (exact) mass is 500 g/mol. The Morgan fingerprint density at radius 3 is 2.38 bits per heavy atom. The molecule has 7 nitrogen and oxygen atoms in total. The summed E-state index contributed by atoms with van der Waals surface area (Å²) in [6.45, 7) is 3.74. The summed E-state index contributed by atoms with van der Waals surface area (Å²) in [5.74, 6) is 0.0463. The number of esters is 1. The number of aryl methyl sites for hydroxylation is 2. The summed E-state index contributed by atoms with van der Waals surface area (Å²) >= 11 is 11.9. The van der Waals surface area contributed by atoms with E-state index in [1.165, 1.54) is 25.5 Å². The predicted molar refractivity (Wildman–Crippen MR) is 132 cm³/mol. The van der Waals surface area contributed by atoms with Crippen LogP contribution in [0.3, 0.4) is 0 Å². The average molecular weight is 501 g/mol. The Hall–Kier alpha value is -3.55. The maximum atomic E-state index is 12.5.